The summed E-state index contributed by atoms with van der Waals surface area (Å²) in [5.41, 5.74) is 3.33. The van der Waals surface area contributed by atoms with E-state index in [-0.39, 0.29) is 47.3 Å². The van der Waals surface area contributed by atoms with Crippen molar-refractivity contribution in [1.29, 1.82) is 0 Å². The minimum atomic E-state index is -0.463. The molecule has 4 aromatic rings. The normalized spacial score (nSPS) is 9.84. The molecule has 2 aromatic carbocycles. The van der Waals surface area contributed by atoms with Gasteiger partial charge in [-0.2, -0.15) is 0 Å². The zero-order valence-electron chi connectivity index (χ0n) is 24.6. The summed E-state index contributed by atoms with van der Waals surface area (Å²) in [7, 11) is 0. The fourth-order valence-corrected chi connectivity index (χ4v) is 6.77. The number of benzene rings is 2. The maximum absolute atomic E-state index is 11.5. The number of phenolic OH excluding ortho intramolecular Hbond substituents is 1. The number of aromatic hydroxyl groups is 1. The summed E-state index contributed by atoms with van der Waals surface area (Å²) in [6.07, 6.45) is 0. The fraction of sp³-hybridized carbons (Fsp3) is 0.147. The molecular formula is C34H33ClO7Se2. The van der Waals surface area contributed by atoms with Crippen LogP contribution in [-0.4, -0.2) is 56.4 Å². The van der Waals surface area contributed by atoms with Gasteiger partial charge >= 0.3 is 235 Å². The van der Waals surface area contributed by atoms with Gasteiger partial charge in [0.15, 0.2) is 0 Å². The third kappa shape index (κ3) is 12.5. The summed E-state index contributed by atoms with van der Waals surface area (Å²) in [5.74, 6) is -0.0317. The first-order valence-electron chi connectivity index (χ1n) is 13.0. The Kier molecular flexibility index (Phi) is 15.1. The number of aliphatic hydroxyl groups excluding tert-OH is 1. The number of phenols is 1. The van der Waals surface area contributed by atoms with Gasteiger partial charge in [0.1, 0.15) is 0 Å². The first-order chi connectivity index (χ1) is 20.8. The van der Waals surface area contributed by atoms with Crippen LogP contribution in [0.25, 0.3) is 20.0 Å². The van der Waals surface area contributed by atoms with Gasteiger partial charge in [0.2, 0.25) is 5.24 Å². The summed E-state index contributed by atoms with van der Waals surface area (Å²) in [6, 6.07) is 22.5. The van der Waals surface area contributed by atoms with Gasteiger partial charge in [0.25, 0.3) is 0 Å². The SMILES string of the molecule is C=C(C)C(=O)Cl.C=C(C)C(=O)OCc1ccc(-c2ccc(OC(=O)C(=C)C)cc2)[se]1.OCc1ccc(-c2ccc(O)cc2)[se]1. The number of carbonyl (C=O) groups excluding carboxylic acids is 3. The van der Waals surface area contributed by atoms with Crippen LogP contribution < -0.4 is 4.74 Å². The number of halogens is 1. The fourth-order valence-electron chi connectivity index (χ4n) is 3.00. The van der Waals surface area contributed by atoms with Gasteiger partial charge in [-0.1, -0.05) is 6.58 Å². The Bertz CT molecular complexity index is 1600. The van der Waals surface area contributed by atoms with Crippen molar-refractivity contribution in [3.05, 3.63) is 118 Å². The first-order valence-corrected chi connectivity index (χ1v) is 16.8. The first kappa shape index (κ1) is 36.5. The zero-order chi connectivity index (χ0) is 32.8. The molecule has 0 radical (unpaired) electrons. The van der Waals surface area contributed by atoms with E-state index in [1.54, 1.807) is 45.0 Å². The van der Waals surface area contributed by atoms with Crippen molar-refractivity contribution < 1.29 is 34.1 Å². The molecule has 7 nitrogen and oxygen atoms in total. The standard InChI is InChI=1S/C19H18O4Se.C11H10O2Se.C4H5ClO/c1-12(2)18(20)22-11-16-9-10-17(24-16)14-5-7-15(8-6-14)23-19(21)13(3)4;12-7-10-5-6-11(14-10)8-1-3-9(13)4-2-8;1-3(2)4(5)6/h5-10H,1,3,11H2,2,4H3;1-6,12-13H,7H2;1H2,2H3. The third-order valence-corrected chi connectivity index (χ3v) is 10.4. The van der Waals surface area contributed by atoms with Crippen molar-refractivity contribution in [3.63, 3.8) is 0 Å². The second-order valence-electron chi connectivity index (χ2n) is 9.34. The van der Waals surface area contributed by atoms with Crippen molar-refractivity contribution in [2.45, 2.75) is 34.0 Å². The Morgan fingerprint density at radius 2 is 1.16 bits per heavy atom. The second-order valence-corrected chi connectivity index (χ2v) is 14.6. The van der Waals surface area contributed by atoms with E-state index < -0.39 is 11.2 Å². The van der Waals surface area contributed by atoms with Crippen molar-refractivity contribution in [1.82, 2.24) is 0 Å². The van der Waals surface area contributed by atoms with Crippen LogP contribution in [0.1, 0.15) is 29.6 Å². The molecule has 0 aliphatic heterocycles. The molecule has 2 N–H and O–H groups in total. The molecule has 0 amide bonds. The van der Waals surface area contributed by atoms with Crippen LogP contribution in [0.2, 0.25) is 0 Å². The quantitative estimate of drug-likeness (QED) is 0.0667. The Morgan fingerprint density at radius 1 is 0.705 bits per heavy atom. The molecule has 0 bridgehead atoms. The number of hydrogen-bond donors (Lipinski definition) is 2. The number of hydrogen-bond acceptors (Lipinski definition) is 7. The number of ether oxygens (including phenoxy) is 2. The van der Waals surface area contributed by atoms with Gasteiger partial charge in [-0.3, -0.25) is 4.79 Å². The monoisotopic (exact) mass is 748 g/mol. The summed E-state index contributed by atoms with van der Waals surface area (Å²) in [5, 5.41) is 17.6. The average Bonchev–Trinajstić information content (AvgIpc) is 3.67. The van der Waals surface area contributed by atoms with E-state index in [9.17, 15) is 14.4 Å². The molecule has 4 rings (SSSR count). The molecule has 0 saturated carbocycles. The van der Waals surface area contributed by atoms with Crippen LogP contribution in [0.4, 0.5) is 0 Å². The van der Waals surface area contributed by atoms with E-state index >= 15 is 0 Å². The van der Waals surface area contributed by atoms with E-state index in [2.05, 4.69) is 19.7 Å². The zero-order valence-corrected chi connectivity index (χ0v) is 28.8. The molecule has 0 saturated heterocycles. The van der Waals surface area contributed by atoms with E-state index in [1.807, 2.05) is 48.5 Å². The number of aliphatic hydroxyl groups is 1. The molecule has 2 aromatic heterocycles. The van der Waals surface area contributed by atoms with E-state index in [0.29, 0.717) is 29.1 Å². The summed E-state index contributed by atoms with van der Waals surface area (Å²) in [6.45, 7) is 15.6. The van der Waals surface area contributed by atoms with Gasteiger partial charge < -0.3 is 0 Å². The van der Waals surface area contributed by atoms with Gasteiger partial charge in [-0.25, -0.2) is 0 Å². The van der Waals surface area contributed by atoms with Gasteiger partial charge in [-0.15, -0.1) is 0 Å². The van der Waals surface area contributed by atoms with E-state index in [4.69, 9.17) is 31.3 Å². The predicted octanol–water partition coefficient (Wildman–Crippen LogP) is 6.45. The molecule has 2 heterocycles. The molecule has 0 spiro atoms. The summed E-state index contributed by atoms with van der Waals surface area (Å²) < 4.78 is 15.0. The Morgan fingerprint density at radius 3 is 1.59 bits per heavy atom. The molecule has 0 fully saturated rings. The van der Waals surface area contributed by atoms with Gasteiger partial charge in [-0.05, 0) is 18.5 Å². The molecule has 10 heteroatoms. The number of carbonyl (C=O) groups is 3. The Labute approximate surface area is 274 Å². The van der Waals surface area contributed by atoms with Crippen molar-refractivity contribution in [2.75, 3.05) is 0 Å². The van der Waals surface area contributed by atoms with Gasteiger partial charge in [0, 0.05) is 5.57 Å². The van der Waals surface area contributed by atoms with E-state index in [0.717, 1.165) is 20.0 Å². The van der Waals surface area contributed by atoms with Crippen LogP contribution in [-0.2, 0) is 32.3 Å². The molecular weight excluding hydrogens is 714 g/mol. The van der Waals surface area contributed by atoms with E-state index in [1.165, 1.54) is 8.87 Å². The summed E-state index contributed by atoms with van der Waals surface area (Å²) >= 11 is 5.22. The predicted molar refractivity (Wildman–Crippen MR) is 176 cm³/mol. The summed E-state index contributed by atoms with van der Waals surface area (Å²) in [4.78, 5) is 32.7. The molecule has 0 unspecified atom stereocenters. The number of allylic oxidation sites excluding steroid dienone is 1. The van der Waals surface area contributed by atoms with Crippen LogP contribution in [0.15, 0.2) is 109 Å². The van der Waals surface area contributed by atoms with Crippen LogP contribution in [0, 0.1) is 0 Å². The number of esters is 2. The molecule has 230 valence electrons. The van der Waals surface area contributed by atoms with Crippen LogP contribution in [0.3, 0.4) is 0 Å². The molecule has 44 heavy (non-hydrogen) atoms. The van der Waals surface area contributed by atoms with Crippen LogP contribution in [0.5, 0.6) is 11.5 Å². The second kappa shape index (κ2) is 18.2. The Balaban J connectivity index is 0.000000282. The number of rotatable bonds is 9. The average molecular weight is 747 g/mol. The molecule has 0 atom stereocenters. The maximum atomic E-state index is 11.5. The van der Waals surface area contributed by atoms with Gasteiger partial charge in [0.05, 0.1) is 0 Å². The van der Waals surface area contributed by atoms with Crippen molar-refractivity contribution in [3.8, 4) is 31.5 Å². The topological polar surface area (TPSA) is 110 Å². The van der Waals surface area contributed by atoms with Crippen molar-refractivity contribution >= 4 is 57.8 Å². The molecule has 0 aliphatic rings. The molecule has 0 aliphatic carbocycles. The van der Waals surface area contributed by atoms with Crippen LogP contribution >= 0.6 is 11.6 Å². The minimum absolute atomic E-state index is 0.102. The van der Waals surface area contributed by atoms with Crippen molar-refractivity contribution in [2.24, 2.45) is 0 Å². The Hall–Kier alpha value is -3.68. The third-order valence-electron chi connectivity index (χ3n) is 5.36.